The van der Waals surface area contributed by atoms with Gasteiger partial charge in [0.15, 0.2) is 23.1 Å². The molecule has 0 aromatic heterocycles. The summed E-state index contributed by atoms with van der Waals surface area (Å²) < 4.78 is 30.3. The number of nitrogens with two attached hydrogens (primary N) is 1. The van der Waals surface area contributed by atoms with Crippen LogP contribution in [0.5, 0.6) is 23.0 Å². The minimum atomic E-state index is -0.734. The first kappa shape index (κ1) is 19.4. The van der Waals surface area contributed by atoms with Crippen LogP contribution in [0.4, 0.5) is 14.9 Å². The molecule has 1 amide bonds. The Balaban J connectivity index is 2.14. The monoisotopic (exact) mass is 362 g/mol. The molecule has 0 aliphatic rings. The van der Waals surface area contributed by atoms with Crippen LogP contribution in [0.15, 0.2) is 36.4 Å². The van der Waals surface area contributed by atoms with E-state index in [1.165, 1.54) is 12.1 Å². The van der Waals surface area contributed by atoms with Crippen molar-refractivity contribution < 1.29 is 23.4 Å². The Bertz CT molecular complexity index is 788. The molecule has 0 heterocycles. The smallest absolute Gasteiger partial charge is 0.413 e. The van der Waals surface area contributed by atoms with Crippen molar-refractivity contribution in [2.45, 2.75) is 33.2 Å². The van der Waals surface area contributed by atoms with Gasteiger partial charge in [-0.25, -0.2) is 9.18 Å². The molecule has 140 valence electrons. The highest BCUT2D eigenvalue weighted by Crippen LogP contribution is 2.34. The highest BCUT2D eigenvalue weighted by atomic mass is 19.1. The summed E-state index contributed by atoms with van der Waals surface area (Å²) in [5, 5.41) is 2.59. The molecule has 6 nitrogen and oxygen atoms in total. The largest absolute Gasteiger partial charge is 0.490 e. The Kier molecular flexibility index (Phi) is 5.92. The van der Waals surface area contributed by atoms with E-state index in [9.17, 15) is 9.18 Å². The van der Waals surface area contributed by atoms with Crippen molar-refractivity contribution >= 4 is 11.8 Å². The van der Waals surface area contributed by atoms with Crippen LogP contribution < -0.4 is 25.3 Å². The average molecular weight is 362 g/mol. The Hall–Kier alpha value is -2.96. The minimum absolute atomic E-state index is 0.193. The van der Waals surface area contributed by atoms with Gasteiger partial charge in [0.1, 0.15) is 5.75 Å². The number of amides is 1. The van der Waals surface area contributed by atoms with Crippen molar-refractivity contribution in [3.05, 3.63) is 42.2 Å². The number of rotatable bonds is 5. The van der Waals surface area contributed by atoms with E-state index in [1.54, 1.807) is 39.0 Å². The van der Waals surface area contributed by atoms with Crippen LogP contribution in [0.2, 0.25) is 0 Å². The normalized spacial score (nSPS) is 11.0. The maximum Gasteiger partial charge on any atom is 0.413 e. The maximum atomic E-state index is 14.2. The van der Waals surface area contributed by atoms with E-state index >= 15 is 0 Å². The Morgan fingerprint density at radius 3 is 2.42 bits per heavy atom. The zero-order valence-electron chi connectivity index (χ0n) is 15.3. The molecule has 2 rings (SSSR count). The first-order chi connectivity index (χ1) is 12.2. The number of hydrogen-bond donors (Lipinski definition) is 2. The fraction of sp³-hybridized carbons (Fsp3) is 0.316. The second-order valence-corrected chi connectivity index (χ2v) is 6.60. The SMILES string of the molecule is CCOc1cc(N)ccc1Oc1ccc(OC(=O)NC(C)(C)C)c(F)c1. The molecule has 0 radical (unpaired) electrons. The van der Waals surface area contributed by atoms with Crippen molar-refractivity contribution in [3.63, 3.8) is 0 Å². The van der Waals surface area contributed by atoms with Crippen LogP contribution in [-0.2, 0) is 0 Å². The molecule has 2 aromatic carbocycles. The van der Waals surface area contributed by atoms with Gasteiger partial charge in [0.05, 0.1) is 6.61 Å². The number of benzene rings is 2. The van der Waals surface area contributed by atoms with Crippen molar-refractivity contribution in [3.8, 4) is 23.0 Å². The molecule has 0 unspecified atom stereocenters. The van der Waals surface area contributed by atoms with Crippen molar-refractivity contribution in [2.75, 3.05) is 12.3 Å². The predicted molar refractivity (Wildman–Crippen MR) is 97.4 cm³/mol. The molecular formula is C19H23FN2O4. The van der Waals surface area contributed by atoms with Gasteiger partial charge in [0.2, 0.25) is 0 Å². The van der Waals surface area contributed by atoms with Crippen LogP contribution in [0.3, 0.4) is 0 Å². The summed E-state index contributed by atoms with van der Waals surface area (Å²) in [7, 11) is 0. The standard InChI is InChI=1S/C19H23FN2O4/c1-5-24-17-10-12(21)6-8-16(17)25-13-7-9-15(14(20)11-13)26-18(23)22-19(2,3)4/h6-11H,5,21H2,1-4H3,(H,22,23). The summed E-state index contributed by atoms with van der Waals surface area (Å²) in [6.07, 6.45) is -0.734. The molecule has 0 fully saturated rings. The first-order valence-electron chi connectivity index (χ1n) is 8.17. The van der Waals surface area contributed by atoms with E-state index in [2.05, 4.69) is 5.32 Å². The van der Waals surface area contributed by atoms with Gasteiger partial charge in [0.25, 0.3) is 0 Å². The van der Waals surface area contributed by atoms with E-state index in [-0.39, 0.29) is 11.5 Å². The lowest BCUT2D eigenvalue weighted by molar-refractivity contribution is 0.188. The molecule has 0 aliphatic heterocycles. The molecule has 7 heteroatoms. The van der Waals surface area contributed by atoms with Gasteiger partial charge >= 0.3 is 6.09 Å². The van der Waals surface area contributed by atoms with Crippen LogP contribution in [0, 0.1) is 5.82 Å². The number of ether oxygens (including phenoxy) is 3. The van der Waals surface area contributed by atoms with Gasteiger partial charge in [-0.3, -0.25) is 0 Å². The number of carbonyl (C=O) groups excluding carboxylic acids is 1. The maximum absolute atomic E-state index is 14.2. The summed E-state index contributed by atoms with van der Waals surface area (Å²) in [5.41, 5.74) is 5.78. The molecule has 0 saturated heterocycles. The van der Waals surface area contributed by atoms with Crippen LogP contribution in [0.1, 0.15) is 27.7 Å². The topological polar surface area (TPSA) is 82.8 Å². The Morgan fingerprint density at radius 1 is 1.12 bits per heavy atom. The van der Waals surface area contributed by atoms with E-state index in [0.717, 1.165) is 6.07 Å². The highest BCUT2D eigenvalue weighted by molar-refractivity contribution is 5.71. The van der Waals surface area contributed by atoms with Gasteiger partial charge in [-0.2, -0.15) is 0 Å². The summed E-state index contributed by atoms with van der Waals surface area (Å²) >= 11 is 0. The van der Waals surface area contributed by atoms with Gasteiger partial charge in [-0.1, -0.05) is 0 Å². The van der Waals surface area contributed by atoms with Gasteiger partial charge in [-0.15, -0.1) is 0 Å². The summed E-state index contributed by atoms with van der Waals surface area (Å²) in [6, 6.07) is 8.87. The van der Waals surface area contributed by atoms with Crippen LogP contribution in [0.25, 0.3) is 0 Å². The van der Waals surface area contributed by atoms with E-state index in [1.807, 2.05) is 6.92 Å². The van der Waals surface area contributed by atoms with Crippen molar-refractivity contribution in [1.82, 2.24) is 5.32 Å². The average Bonchev–Trinajstić information content (AvgIpc) is 2.51. The first-order valence-corrected chi connectivity index (χ1v) is 8.17. The van der Waals surface area contributed by atoms with Gasteiger partial charge in [-0.05, 0) is 52.0 Å². The molecule has 0 bridgehead atoms. The molecule has 0 spiro atoms. The quantitative estimate of drug-likeness (QED) is 0.766. The third-order valence-corrected chi connectivity index (χ3v) is 3.08. The van der Waals surface area contributed by atoms with E-state index in [4.69, 9.17) is 19.9 Å². The fourth-order valence-electron chi connectivity index (χ4n) is 2.06. The molecular weight excluding hydrogens is 339 g/mol. The number of anilines is 1. The lowest BCUT2D eigenvalue weighted by Crippen LogP contribution is -2.42. The Morgan fingerprint density at radius 2 is 1.81 bits per heavy atom. The molecule has 0 aliphatic carbocycles. The molecule has 2 aromatic rings. The van der Waals surface area contributed by atoms with Gasteiger partial charge in [0, 0.05) is 23.4 Å². The molecule has 0 saturated carbocycles. The lowest BCUT2D eigenvalue weighted by atomic mass is 10.1. The second-order valence-electron chi connectivity index (χ2n) is 6.60. The summed E-state index contributed by atoms with van der Waals surface area (Å²) in [6.45, 7) is 7.66. The number of carbonyl (C=O) groups is 1. The van der Waals surface area contributed by atoms with E-state index in [0.29, 0.717) is 23.8 Å². The number of halogens is 1. The summed E-state index contributed by atoms with van der Waals surface area (Å²) in [4.78, 5) is 11.7. The zero-order valence-corrected chi connectivity index (χ0v) is 15.3. The molecule has 3 N–H and O–H groups in total. The number of nitrogens with one attached hydrogen (secondary N) is 1. The number of nitrogen functional groups attached to an aromatic ring is 1. The van der Waals surface area contributed by atoms with Crippen molar-refractivity contribution in [2.24, 2.45) is 0 Å². The van der Waals surface area contributed by atoms with Crippen LogP contribution in [-0.4, -0.2) is 18.2 Å². The fourth-order valence-corrected chi connectivity index (χ4v) is 2.06. The third-order valence-electron chi connectivity index (χ3n) is 3.08. The van der Waals surface area contributed by atoms with Crippen LogP contribution >= 0.6 is 0 Å². The lowest BCUT2D eigenvalue weighted by Gasteiger charge is -2.20. The highest BCUT2D eigenvalue weighted by Gasteiger charge is 2.17. The minimum Gasteiger partial charge on any atom is -0.490 e. The third kappa shape index (κ3) is 5.54. The van der Waals surface area contributed by atoms with Crippen molar-refractivity contribution in [1.29, 1.82) is 0 Å². The Labute approximate surface area is 152 Å². The van der Waals surface area contributed by atoms with E-state index < -0.39 is 17.4 Å². The molecule has 0 atom stereocenters. The number of hydrogen-bond acceptors (Lipinski definition) is 5. The molecule has 26 heavy (non-hydrogen) atoms. The predicted octanol–water partition coefficient (Wildman–Crippen LogP) is 4.49. The van der Waals surface area contributed by atoms with Gasteiger partial charge < -0.3 is 25.3 Å². The second kappa shape index (κ2) is 7.95. The zero-order chi connectivity index (χ0) is 19.3. The summed E-state index contributed by atoms with van der Waals surface area (Å²) in [5.74, 6) is 0.176.